The second-order valence-corrected chi connectivity index (χ2v) is 9.74. The lowest BCUT2D eigenvalue weighted by Crippen LogP contribution is -2.41. The number of benzene rings is 1. The Kier molecular flexibility index (Phi) is 9.17. The van der Waals surface area contributed by atoms with Gasteiger partial charge in [-0.2, -0.15) is 10.2 Å². The van der Waals surface area contributed by atoms with Crippen LogP contribution in [0.1, 0.15) is 55.8 Å². The molecular weight excluding hydrogens is 459 g/mol. The summed E-state index contributed by atoms with van der Waals surface area (Å²) in [5.41, 5.74) is 2.55. The summed E-state index contributed by atoms with van der Waals surface area (Å²) in [6.07, 6.45) is 9.21. The Morgan fingerprint density at radius 2 is 2.08 bits per heavy atom. The number of fused-ring (bicyclic) bond motifs is 1. The second-order valence-electron chi connectivity index (χ2n) is 9.74. The van der Waals surface area contributed by atoms with Crippen LogP contribution in [0.15, 0.2) is 48.9 Å². The highest BCUT2D eigenvalue weighted by atomic mass is 19.1. The van der Waals surface area contributed by atoms with E-state index in [1.54, 1.807) is 31.8 Å². The third-order valence-electron chi connectivity index (χ3n) is 7.36. The van der Waals surface area contributed by atoms with E-state index in [2.05, 4.69) is 20.1 Å². The molecule has 0 amide bonds. The van der Waals surface area contributed by atoms with Crippen molar-refractivity contribution in [3.63, 3.8) is 0 Å². The van der Waals surface area contributed by atoms with Crippen LogP contribution in [0.2, 0.25) is 0 Å². The summed E-state index contributed by atoms with van der Waals surface area (Å²) in [7, 11) is 1.59. The number of aromatic nitrogens is 3. The highest BCUT2D eigenvalue weighted by Crippen LogP contribution is 2.36. The smallest absolute Gasteiger partial charge is 0.303 e. The maximum Gasteiger partial charge on any atom is 0.303 e. The molecule has 0 bridgehead atoms. The van der Waals surface area contributed by atoms with Crippen LogP contribution in [0.4, 0.5) is 4.39 Å². The van der Waals surface area contributed by atoms with Crippen molar-refractivity contribution in [2.24, 2.45) is 11.8 Å². The van der Waals surface area contributed by atoms with E-state index >= 15 is 4.39 Å². The van der Waals surface area contributed by atoms with Gasteiger partial charge in [0, 0.05) is 30.7 Å². The number of alkyl halides is 1. The number of ether oxygens (including phenoxy) is 1. The first-order chi connectivity index (χ1) is 17.5. The van der Waals surface area contributed by atoms with Crippen LogP contribution in [0.3, 0.4) is 0 Å². The standard InChI is InChI=1S/C28H35FN4O3/c1-36-23-6-8-27-25(17-23)24(10-12-30-27)26(29)7-5-21-11-15-33(19-22(21)16-28(34)35)14-3-2-4-20-9-13-31-32-18-20/h6,8-10,12-13,17-18,21-22,26H,2-5,7,11,14-16,19H2,1H3,(H,34,35)/t21-,22+,26-/m1/s1. The summed E-state index contributed by atoms with van der Waals surface area (Å²) in [4.78, 5) is 18.3. The fraction of sp³-hybridized carbons (Fsp3) is 0.500. The molecule has 4 rings (SSSR count). The van der Waals surface area contributed by atoms with E-state index in [4.69, 9.17) is 4.74 Å². The highest BCUT2D eigenvalue weighted by molar-refractivity contribution is 5.83. The van der Waals surface area contributed by atoms with E-state index < -0.39 is 12.1 Å². The molecule has 192 valence electrons. The number of rotatable bonds is 12. The first-order valence-corrected chi connectivity index (χ1v) is 12.8. The average molecular weight is 495 g/mol. The molecule has 1 saturated heterocycles. The van der Waals surface area contributed by atoms with Gasteiger partial charge in [0.1, 0.15) is 11.9 Å². The lowest BCUT2D eigenvalue weighted by molar-refractivity contribution is -0.139. The summed E-state index contributed by atoms with van der Waals surface area (Å²) in [6.45, 7) is 2.65. The molecular formula is C28H35FN4O3. The first-order valence-electron chi connectivity index (χ1n) is 12.8. The zero-order valence-corrected chi connectivity index (χ0v) is 20.9. The SMILES string of the molecule is COc1ccc2nccc([C@H](F)CC[C@@H]3CCN(CCCCc4ccnnc4)C[C@@H]3CC(=O)O)c2c1. The van der Waals surface area contributed by atoms with Crippen molar-refractivity contribution in [2.45, 2.75) is 51.1 Å². The number of aliphatic carboxylic acids is 1. The maximum atomic E-state index is 15.5. The van der Waals surface area contributed by atoms with Gasteiger partial charge >= 0.3 is 5.97 Å². The Hall–Kier alpha value is -3.13. The minimum absolute atomic E-state index is 0.0436. The van der Waals surface area contributed by atoms with Gasteiger partial charge in [-0.1, -0.05) is 0 Å². The van der Waals surface area contributed by atoms with Crippen molar-refractivity contribution in [1.29, 1.82) is 0 Å². The van der Waals surface area contributed by atoms with Gasteiger partial charge in [0.05, 0.1) is 18.8 Å². The zero-order valence-electron chi connectivity index (χ0n) is 20.9. The number of carboxylic acids is 1. The molecule has 1 aliphatic heterocycles. The first kappa shape index (κ1) is 25.9. The van der Waals surface area contributed by atoms with Gasteiger partial charge in [-0.15, -0.1) is 0 Å². The number of methoxy groups -OCH3 is 1. The number of nitrogens with zero attached hydrogens (tertiary/aromatic N) is 4. The van der Waals surface area contributed by atoms with E-state index in [-0.39, 0.29) is 18.3 Å². The summed E-state index contributed by atoms with van der Waals surface area (Å²) >= 11 is 0. The number of hydrogen-bond acceptors (Lipinski definition) is 6. The molecule has 1 aromatic carbocycles. The summed E-state index contributed by atoms with van der Waals surface area (Å²) in [6, 6.07) is 9.24. The Morgan fingerprint density at radius 1 is 1.19 bits per heavy atom. The molecule has 1 aliphatic rings. The van der Waals surface area contributed by atoms with Crippen LogP contribution in [-0.2, 0) is 11.2 Å². The number of hydrogen-bond donors (Lipinski definition) is 1. The number of carbonyl (C=O) groups is 1. The van der Waals surface area contributed by atoms with Crippen LogP contribution in [0.25, 0.3) is 10.9 Å². The van der Waals surface area contributed by atoms with E-state index in [0.717, 1.165) is 56.2 Å². The maximum absolute atomic E-state index is 15.5. The third-order valence-corrected chi connectivity index (χ3v) is 7.36. The third kappa shape index (κ3) is 6.97. The Morgan fingerprint density at radius 3 is 2.86 bits per heavy atom. The number of carboxylic acid groups (broad SMARTS) is 1. The molecule has 7 nitrogen and oxygen atoms in total. The molecule has 1 fully saturated rings. The number of aryl methyl sites for hydroxylation is 1. The van der Waals surface area contributed by atoms with Crippen LogP contribution in [0, 0.1) is 11.8 Å². The Bertz CT molecular complexity index is 1130. The van der Waals surface area contributed by atoms with Gasteiger partial charge in [-0.25, -0.2) is 4.39 Å². The molecule has 3 atom stereocenters. The molecule has 8 heteroatoms. The molecule has 3 heterocycles. The lowest BCUT2D eigenvalue weighted by atomic mass is 9.79. The van der Waals surface area contributed by atoms with Gasteiger partial charge in [-0.3, -0.25) is 9.78 Å². The predicted molar refractivity (Wildman–Crippen MR) is 137 cm³/mol. The van der Waals surface area contributed by atoms with E-state index in [1.807, 2.05) is 24.3 Å². The number of unbranched alkanes of at least 4 members (excludes halogenated alkanes) is 1. The van der Waals surface area contributed by atoms with Gasteiger partial charge in [0.25, 0.3) is 0 Å². The molecule has 1 N–H and O–H groups in total. The van der Waals surface area contributed by atoms with Crippen LogP contribution < -0.4 is 4.74 Å². The number of piperidine rings is 1. The molecule has 0 aliphatic carbocycles. The fourth-order valence-corrected chi connectivity index (χ4v) is 5.39. The van der Waals surface area contributed by atoms with E-state index in [1.165, 1.54) is 5.56 Å². The van der Waals surface area contributed by atoms with Crippen molar-refractivity contribution in [3.05, 3.63) is 60.0 Å². The largest absolute Gasteiger partial charge is 0.497 e. The molecule has 36 heavy (non-hydrogen) atoms. The molecule has 2 aromatic heterocycles. The minimum Gasteiger partial charge on any atom is -0.497 e. The molecule has 3 aromatic rings. The number of likely N-dealkylation sites (tertiary alicyclic amines) is 1. The van der Waals surface area contributed by atoms with Gasteiger partial charge in [0.2, 0.25) is 0 Å². The van der Waals surface area contributed by atoms with Crippen molar-refractivity contribution < 1.29 is 19.0 Å². The van der Waals surface area contributed by atoms with E-state index in [9.17, 15) is 9.90 Å². The predicted octanol–water partition coefficient (Wildman–Crippen LogP) is 5.26. The number of halogens is 1. The molecule has 0 radical (unpaired) electrons. The van der Waals surface area contributed by atoms with E-state index in [0.29, 0.717) is 24.2 Å². The van der Waals surface area contributed by atoms with Gasteiger partial charge < -0.3 is 14.7 Å². The van der Waals surface area contributed by atoms with Crippen molar-refractivity contribution in [3.8, 4) is 5.75 Å². The molecule has 0 saturated carbocycles. The summed E-state index contributed by atoms with van der Waals surface area (Å²) < 4.78 is 20.8. The average Bonchev–Trinajstić information content (AvgIpc) is 2.90. The quantitative estimate of drug-likeness (QED) is 0.344. The van der Waals surface area contributed by atoms with Crippen LogP contribution >= 0.6 is 0 Å². The molecule has 0 unspecified atom stereocenters. The monoisotopic (exact) mass is 494 g/mol. The van der Waals surface area contributed by atoms with Gasteiger partial charge in [-0.05, 0) is 105 Å². The van der Waals surface area contributed by atoms with Crippen molar-refractivity contribution in [2.75, 3.05) is 26.7 Å². The minimum atomic E-state index is -1.13. The normalized spacial score (nSPS) is 19.3. The van der Waals surface area contributed by atoms with Gasteiger partial charge in [0.15, 0.2) is 0 Å². The summed E-state index contributed by atoms with van der Waals surface area (Å²) in [5, 5.41) is 18.0. The zero-order chi connectivity index (χ0) is 25.3. The lowest BCUT2D eigenvalue weighted by Gasteiger charge is -2.38. The van der Waals surface area contributed by atoms with Crippen molar-refractivity contribution >= 4 is 16.9 Å². The topological polar surface area (TPSA) is 88.4 Å². The molecule has 0 spiro atoms. The number of pyridine rings is 1. The van der Waals surface area contributed by atoms with Crippen LogP contribution in [-0.4, -0.2) is 57.9 Å². The Labute approximate surface area is 211 Å². The van der Waals surface area contributed by atoms with Crippen molar-refractivity contribution in [1.82, 2.24) is 20.1 Å². The highest BCUT2D eigenvalue weighted by Gasteiger charge is 2.31. The Balaban J connectivity index is 1.31. The van der Waals surface area contributed by atoms with Crippen LogP contribution in [0.5, 0.6) is 5.75 Å². The fourth-order valence-electron chi connectivity index (χ4n) is 5.39. The summed E-state index contributed by atoms with van der Waals surface area (Å²) in [5.74, 6) is 0.152. The second kappa shape index (κ2) is 12.7.